The molecule has 0 saturated heterocycles. The molecule has 0 radical (unpaired) electrons. The monoisotopic (exact) mass is 249 g/mol. The number of rotatable bonds is 4. The Kier molecular flexibility index (Phi) is 4.57. The lowest BCUT2D eigenvalue weighted by molar-refractivity contribution is 0.218. The quantitative estimate of drug-likeness (QED) is 0.777. The van der Waals surface area contributed by atoms with Crippen molar-refractivity contribution in [3.63, 3.8) is 0 Å². The molecule has 84 valence electrons. The molecule has 8 heteroatoms. The number of halogens is 1. The summed E-state index contributed by atoms with van der Waals surface area (Å²) < 4.78 is 7.73. The molecular weight excluding hydrogens is 238 g/mol. The lowest BCUT2D eigenvalue weighted by Crippen LogP contribution is -2.37. The molecule has 15 heavy (non-hydrogen) atoms. The van der Waals surface area contributed by atoms with Crippen LogP contribution in [-0.2, 0) is 0 Å². The van der Waals surface area contributed by atoms with Gasteiger partial charge in [0.15, 0.2) is 11.0 Å². The molecule has 0 saturated carbocycles. The van der Waals surface area contributed by atoms with E-state index in [0.717, 1.165) is 11.7 Å². The Morgan fingerprint density at radius 3 is 2.73 bits per heavy atom. The predicted octanol–water partition coefficient (Wildman–Crippen LogP) is 0.875. The normalized spacial score (nSPS) is 9.80. The molecule has 0 fully saturated rings. The van der Waals surface area contributed by atoms with E-state index in [-0.39, 0.29) is 6.03 Å². The molecule has 1 rings (SSSR count). The van der Waals surface area contributed by atoms with Gasteiger partial charge in [0.1, 0.15) is 0 Å². The van der Waals surface area contributed by atoms with Crippen molar-refractivity contribution in [3.05, 3.63) is 5.15 Å². The Hall–Kier alpha value is -1.08. The van der Waals surface area contributed by atoms with Crippen LogP contribution < -0.4 is 10.6 Å². The molecule has 0 atom stereocenters. The number of anilines is 1. The first kappa shape index (κ1) is 12.0. The third-order valence-corrected chi connectivity index (χ3v) is 2.44. The first-order valence-corrected chi connectivity index (χ1v) is 5.39. The highest BCUT2D eigenvalue weighted by molar-refractivity contribution is 6.99. The Balaban J connectivity index is 2.18. The number of hydrogen-bond donors (Lipinski definition) is 2. The van der Waals surface area contributed by atoms with Crippen molar-refractivity contribution in [2.45, 2.75) is 0 Å². The number of carbonyl (C=O) groups is 1. The fourth-order valence-corrected chi connectivity index (χ4v) is 1.48. The van der Waals surface area contributed by atoms with E-state index in [9.17, 15) is 4.79 Å². The van der Waals surface area contributed by atoms with Gasteiger partial charge in [-0.3, -0.25) is 0 Å². The highest BCUT2D eigenvalue weighted by Gasteiger charge is 2.04. The van der Waals surface area contributed by atoms with E-state index in [0.29, 0.717) is 24.1 Å². The van der Waals surface area contributed by atoms with Crippen molar-refractivity contribution < 1.29 is 4.79 Å². The van der Waals surface area contributed by atoms with Gasteiger partial charge in [-0.05, 0) is 0 Å². The van der Waals surface area contributed by atoms with Gasteiger partial charge in [-0.15, -0.1) is 0 Å². The number of nitrogens with one attached hydrogen (secondary N) is 2. The van der Waals surface area contributed by atoms with Gasteiger partial charge in [-0.25, -0.2) is 4.79 Å². The van der Waals surface area contributed by atoms with Crippen LogP contribution >= 0.6 is 23.3 Å². The van der Waals surface area contributed by atoms with Crippen LogP contribution in [0.5, 0.6) is 0 Å². The lowest BCUT2D eigenvalue weighted by Gasteiger charge is -2.11. The SMILES string of the molecule is CN(C)C(=O)NCCNc1nsnc1Cl. The molecule has 2 N–H and O–H groups in total. The standard InChI is InChI=1S/C7H12ClN5OS/c1-13(2)7(14)10-4-3-9-6-5(8)11-15-12-6/h3-4H2,1-2H3,(H,9,12)(H,10,14). The average Bonchev–Trinajstić information content (AvgIpc) is 2.58. The molecular formula is C7H12ClN5OS. The molecule has 6 nitrogen and oxygen atoms in total. The second kappa shape index (κ2) is 5.72. The molecule has 0 unspecified atom stereocenters. The minimum absolute atomic E-state index is 0.126. The summed E-state index contributed by atoms with van der Waals surface area (Å²) in [5.41, 5.74) is 0. The maximum Gasteiger partial charge on any atom is 0.316 e. The van der Waals surface area contributed by atoms with E-state index in [1.807, 2.05) is 0 Å². The number of nitrogens with zero attached hydrogens (tertiary/aromatic N) is 3. The Labute approximate surface area is 96.9 Å². The fraction of sp³-hybridized carbons (Fsp3) is 0.571. The van der Waals surface area contributed by atoms with Crippen LogP contribution in [0, 0.1) is 0 Å². The summed E-state index contributed by atoms with van der Waals surface area (Å²) in [6.07, 6.45) is 0. The van der Waals surface area contributed by atoms with Crippen molar-refractivity contribution in [2.75, 3.05) is 32.5 Å². The molecule has 0 bridgehead atoms. The van der Waals surface area contributed by atoms with Crippen molar-refractivity contribution in [3.8, 4) is 0 Å². The summed E-state index contributed by atoms with van der Waals surface area (Å²) in [5.74, 6) is 0.556. The van der Waals surface area contributed by atoms with Crippen molar-refractivity contribution >= 4 is 35.2 Å². The van der Waals surface area contributed by atoms with Crippen LogP contribution in [0.1, 0.15) is 0 Å². The van der Waals surface area contributed by atoms with Gasteiger partial charge in [0.05, 0.1) is 11.7 Å². The summed E-state index contributed by atoms with van der Waals surface area (Å²) in [4.78, 5) is 12.6. The number of carbonyl (C=O) groups excluding carboxylic acids is 1. The fourth-order valence-electron chi connectivity index (χ4n) is 0.792. The predicted molar refractivity (Wildman–Crippen MR) is 60.5 cm³/mol. The van der Waals surface area contributed by atoms with Gasteiger partial charge >= 0.3 is 6.03 Å². The third kappa shape index (κ3) is 3.88. The number of hydrogen-bond acceptors (Lipinski definition) is 5. The number of urea groups is 1. The molecule has 0 aliphatic heterocycles. The van der Waals surface area contributed by atoms with E-state index in [2.05, 4.69) is 19.4 Å². The summed E-state index contributed by atoms with van der Waals surface area (Å²) >= 11 is 6.76. The van der Waals surface area contributed by atoms with E-state index >= 15 is 0 Å². The minimum atomic E-state index is -0.126. The van der Waals surface area contributed by atoms with Crippen LogP contribution in [-0.4, -0.2) is 46.9 Å². The van der Waals surface area contributed by atoms with Gasteiger partial charge in [-0.1, -0.05) is 11.6 Å². The van der Waals surface area contributed by atoms with Gasteiger partial charge in [0.2, 0.25) is 0 Å². The summed E-state index contributed by atoms with van der Waals surface area (Å²) in [6, 6.07) is -0.126. The molecule has 0 aliphatic carbocycles. The van der Waals surface area contributed by atoms with Crippen LogP contribution in [0.3, 0.4) is 0 Å². The number of amides is 2. The van der Waals surface area contributed by atoms with Gasteiger partial charge in [0, 0.05) is 27.2 Å². The van der Waals surface area contributed by atoms with E-state index in [4.69, 9.17) is 11.6 Å². The smallest absolute Gasteiger partial charge is 0.316 e. The molecule has 2 amide bonds. The first-order valence-electron chi connectivity index (χ1n) is 4.28. The Bertz CT molecular complexity index is 329. The highest BCUT2D eigenvalue weighted by atomic mass is 35.5. The van der Waals surface area contributed by atoms with Crippen LogP contribution in [0.15, 0.2) is 0 Å². The number of aromatic nitrogens is 2. The summed E-state index contributed by atoms with van der Waals surface area (Å²) in [5, 5.41) is 6.02. The van der Waals surface area contributed by atoms with Crippen molar-refractivity contribution in [1.29, 1.82) is 0 Å². The van der Waals surface area contributed by atoms with Crippen LogP contribution in [0.2, 0.25) is 5.15 Å². The summed E-state index contributed by atoms with van der Waals surface area (Å²) in [7, 11) is 3.37. The summed E-state index contributed by atoms with van der Waals surface area (Å²) in [6.45, 7) is 1.07. The van der Waals surface area contributed by atoms with E-state index < -0.39 is 0 Å². The van der Waals surface area contributed by atoms with Crippen molar-refractivity contribution in [1.82, 2.24) is 19.0 Å². The van der Waals surface area contributed by atoms with Gasteiger partial charge < -0.3 is 15.5 Å². The maximum atomic E-state index is 11.1. The molecule has 0 aliphatic rings. The van der Waals surface area contributed by atoms with Crippen LogP contribution in [0.4, 0.5) is 10.6 Å². The lowest BCUT2D eigenvalue weighted by atomic mass is 10.6. The topological polar surface area (TPSA) is 70.2 Å². The Morgan fingerprint density at radius 2 is 2.20 bits per heavy atom. The largest absolute Gasteiger partial charge is 0.365 e. The molecule has 0 aromatic carbocycles. The van der Waals surface area contributed by atoms with E-state index in [1.165, 1.54) is 4.90 Å². The maximum absolute atomic E-state index is 11.1. The van der Waals surface area contributed by atoms with Gasteiger partial charge in [-0.2, -0.15) is 8.75 Å². The molecule has 0 spiro atoms. The second-order valence-corrected chi connectivity index (χ2v) is 3.84. The zero-order valence-corrected chi connectivity index (χ0v) is 10.0. The second-order valence-electron chi connectivity index (χ2n) is 2.96. The van der Waals surface area contributed by atoms with Crippen LogP contribution in [0.25, 0.3) is 0 Å². The highest BCUT2D eigenvalue weighted by Crippen LogP contribution is 2.16. The third-order valence-electron chi connectivity index (χ3n) is 1.55. The van der Waals surface area contributed by atoms with Crippen molar-refractivity contribution in [2.24, 2.45) is 0 Å². The molecule has 1 aromatic heterocycles. The molecule has 1 heterocycles. The minimum Gasteiger partial charge on any atom is -0.365 e. The zero-order chi connectivity index (χ0) is 11.3. The average molecular weight is 250 g/mol. The van der Waals surface area contributed by atoms with E-state index in [1.54, 1.807) is 14.1 Å². The van der Waals surface area contributed by atoms with Gasteiger partial charge in [0.25, 0.3) is 0 Å². The first-order chi connectivity index (χ1) is 7.11. The molecule has 1 aromatic rings. The Morgan fingerprint density at radius 1 is 1.47 bits per heavy atom. The zero-order valence-electron chi connectivity index (χ0n) is 8.45.